The molecule has 0 saturated heterocycles. The minimum atomic E-state index is -0.563. The van der Waals surface area contributed by atoms with E-state index >= 15 is 0 Å². The second-order valence-corrected chi connectivity index (χ2v) is 11.1. The number of carbonyl (C=O) groups is 2. The number of halogens is 1. The van der Waals surface area contributed by atoms with Crippen LogP contribution in [0.3, 0.4) is 0 Å². The van der Waals surface area contributed by atoms with Crippen LogP contribution >= 0.6 is 11.6 Å². The van der Waals surface area contributed by atoms with Gasteiger partial charge < -0.3 is 0 Å². The van der Waals surface area contributed by atoms with E-state index in [1.54, 1.807) is 6.92 Å². The Balaban J connectivity index is 1.65. The van der Waals surface area contributed by atoms with Crippen molar-refractivity contribution < 1.29 is 9.59 Å². The van der Waals surface area contributed by atoms with Crippen LogP contribution in [-0.4, -0.2) is 38.3 Å². The molecule has 4 aromatic rings. The molecule has 0 spiro atoms. The SMILES string of the molecule is CC1=C(C#N)C(=O)N(C)C(=O)/C1=C/c1ccc(N(c2ccc(Cl)cc2)c2cccc3ccccc23)[se]1. The molecule has 2 amide bonds. The molecule has 3 aromatic carbocycles. The molecular formula is C29H20ClN3O2Se. The number of carbonyl (C=O) groups excluding carboxylic acids is 2. The van der Waals surface area contributed by atoms with Crippen LogP contribution in [0.5, 0.6) is 0 Å². The first-order chi connectivity index (χ1) is 17.4. The Morgan fingerprint density at radius 1 is 0.944 bits per heavy atom. The molecule has 2 heterocycles. The average molecular weight is 557 g/mol. The Morgan fingerprint density at radius 2 is 1.67 bits per heavy atom. The van der Waals surface area contributed by atoms with Crippen molar-refractivity contribution in [3.63, 3.8) is 0 Å². The normalized spacial score (nSPS) is 15.1. The van der Waals surface area contributed by atoms with Crippen molar-refractivity contribution in [2.24, 2.45) is 0 Å². The Labute approximate surface area is 219 Å². The molecule has 5 nitrogen and oxygen atoms in total. The molecule has 0 unspecified atom stereocenters. The van der Waals surface area contributed by atoms with Gasteiger partial charge in [0.05, 0.1) is 0 Å². The molecule has 0 bridgehead atoms. The number of benzene rings is 3. The van der Waals surface area contributed by atoms with E-state index in [4.69, 9.17) is 11.6 Å². The number of hydrogen-bond donors (Lipinski definition) is 0. The predicted molar refractivity (Wildman–Crippen MR) is 145 cm³/mol. The summed E-state index contributed by atoms with van der Waals surface area (Å²) >= 11 is 6.05. The fourth-order valence-corrected chi connectivity index (χ4v) is 6.45. The maximum atomic E-state index is 12.9. The van der Waals surface area contributed by atoms with E-state index < -0.39 is 11.8 Å². The predicted octanol–water partition coefficient (Wildman–Crippen LogP) is 6.24. The third kappa shape index (κ3) is 4.19. The van der Waals surface area contributed by atoms with Crippen LogP contribution in [0.4, 0.5) is 15.9 Å². The number of hydrogen-bond acceptors (Lipinski definition) is 4. The Morgan fingerprint density at radius 3 is 2.42 bits per heavy atom. The second kappa shape index (κ2) is 9.64. The van der Waals surface area contributed by atoms with Crippen LogP contribution in [0.2, 0.25) is 5.02 Å². The van der Waals surface area contributed by atoms with Crippen molar-refractivity contribution >= 4 is 70.7 Å². The minimum absolute atomic E-state index is 0.00109. The molecule has 0 atom stereocenters. The summed E-state index contributed by atoms with van der Waals surface area (Å²) in [6.07, 6.45) is 1.81. The van der Waals surface area contributed by atoms with Crippen molar-refractivity contribution in [2.45, 2.75) is 6.92 Å². The summed E-state index contributed by atoms with van der Waals surface area (Å²) in [5, 5.41) is 12.4. The number of nitrogens with zero attached hydrogens (tertiary/aromatic N) is 3. The Bertz CT molecular complexity index is 1620. The number of nitriles is 1. The van der Waals surface area contributed by atoms with E-state index in [1.807, 2.05) is 60.7 Å². The molecule has 1 aliphatic heterocycles. The number of anilines is 3. The molecule has 0 saturated carbocycles. The van der Waals surface area contributed by atoms with Crippen LogP contribution in [-0.2, 0) is 9.59 Å². The average Bonchev–Trinajstić information content (AvgIpc) is 3.35. The third-order valence-electron chi connectivity index (χ3n) is 6.16. The summed E-state index contributed by atoms with van der Waals surface area (Å²) in [6.45, 7) is 1.65. The first kappa shape index (κ1) is 23.8. The first-order valence-electron chi connectivity index (χ1n) is 11.2. The van der Waals surface area contributed by atoms with Crippen molar-refractivity contribution in [3.8, 4) is 6.07 Å². The molecule has 36 heavy (non-hydrogen) atoms. The van der Waals surface area contributed by atoms with E-state index in [0.717, 1.165) is 36.0 Å². The molecule has 0 aliphatic carbocycles. The van der Waals surface area contributed by atoms with Gasteiger partial charge in [0.2, 0.25) is 0 Å². The van der Waals surface area contributed by atoms with Crippen molar-refractivity contribution in [3.05, 3.63) is 105 Å². The van der Waals surface area contributed by atoms with Gasteiger partial charge in [0, 0.05) is 0 Å². The fourth-order valence-electron chi connectivity index (χ4n) is 4.26. The van der Waals surface area contributed by atoms with Gasteiger partial charge in [0.15, 0.2) is 0 Å². The summed E-state index contributed by atoms with van der Waals surface area (Å²) in [5.41, 5.74) is 2.82. The number of imide groups is 1. The standard InChI is InChI=1S/C29H20ClN3O2Se/c1-18-24(28(34)32(2)29(35)25(18)17-31)16-22-14-15-27(36-22)33(21-12-10-20(30)11-13-21)26-9-5-7-19-6-3-4-8-23(19)26/h3-16H,1-2H3/b24-16+. The third-order valence-corrected chi connectivity index (χ3v) is 8.54. The van der Waals surface area contributed by atoms with Gasteiger partial charge in [0.25, 0.3) is 0 Å². The summed E-state index contributed by atoms with van der Waals surface area (Å²) in [5.74, 6) is -0.961. The van der Waals surface area contributed by atoms with Crippen molar-refractivity contribution in [1.82, 2.24) is 4.90 Å². The van der Waals surface area contributed by atoms with Crippen LogP contribution in [0.15, 0.2) is 95.6 Å². The summed E-state index contributed by atoms with van der Waals surface area (Å²) in [7, 11) is 1.41. The molecule has 0 radical (unpaired) electrons. The maximum absolute atomic E-state index is 12.9. The number of fused-ring (bicyclic) bond motifs is 1. The molecule has 0 N–H and O–H groups in total. The summed E-state index contributed by atoms with van der Waals surface area (Å²) in [4.78, 5) is 28.4. The van der Waals surface area contributed by atoms with Crippen molar-refractivity contribution in [2.75, 3.05) is 11.9 Å². The van der Waals surface area contributed by atoms with E-state index in [-0.39, 0.29) is 20.1 Å². The quantitative estimate of drug-likeness (QED) is 0.169. The summed E-state index contributed by atoms with van der Waals surface area (Å²) < 4.78 is 2.06. The zero-order valence-corrected chi connectivity index (χ0v) is 22.0. The van der Waals surface area contributed by atoms with Gasteiger partial charge in [-0.3, -0.25) is 0 Å². The Hall–Kier alpha value is -3.88. The zero-order valence-electron chi connectivity index (χ0n) is 19.5. The molecule has 0 fully saturated rings. The Kier molecular flexibility index (Phi) is 6.38. The molecule has 1 aromatic heterocycles. The van der Waals surface area contributed by atoms with Gasteiger partial charge in [-0.2, -0.15) is 0 Å². The summed E-state index contributed by atoms with van der Waals surface area (Å²) in [6, 6.07) is 28.2. The van der Waals surface area contributed by atoms with Gasteiger partial charge in [-0.25, -0.2) is 0 Å². The molecule has 5 rings (SSSR count). The van der Waals surface area contributed by atoms with E-state index in [9.17, 15) is 14.9 Å². The number of rotatable bonds is 4. The van der Waals surface area contributed by atoms with Crippen LogP contribution in [0, 0.1) is 11.3 Å². The van der Waals surface area contributed by atoms with Crippen LogP contribution in [0.25, 0.3) is 16.8 Å². The molecule has 1 aliphatic rings. The molecule has 176 valence electrons. The topological polar surface area (TPSA) is 64.4 Å². The van der Waals surface area contributed by atoms with Crippen LogP contribution in [0.1, 0.15) is 11.4 Å². The van der Waals surface area contributed by atoms with Crippen molar-refractivity contribution in [1.29, 1.82) is 5.26 Å². The van der Waals surface area contributed by atoms with Gasteiger partial charge in [0.1, 0.15) is 0 Å². The fraction of sp³-hybridized carbons (Fsp3) is 0.0690. The second-order valence-electron chi connectivity index (χ2n) is 8.33. The van der Waals surface area contributed by atoms with Gasteiger partial charge in [-0.1, -0.05) is 0 Å². The van der Waals surface area contributed by atoms with E-state index in [2.05, 4.69) is 35.2 Å². The zero-order chi connectivity index (χ0) is 25.4. The van der Waals surface area contributed by atoms with Gasteiger partial charge >= 0.3 is 220 Å². The van der Waals surface area contributed by atoms with Gasteiger partial charge in [-0.05, 0) is 0 Å². The molecule has 7 heteroatoms. The number of amides is 2. The van der Waals surface area contributed by atoms with Gasteiger partial charge in [-0.15, -0.1) is 0 Å². The number of likely N-dealkylation sites (N-methyl/N-ethyl adjacent to an activating group) is 1. The van der Waals surface area contributed by atoms with E-state index in [1.165, 1.54) is 7.05 Å². The first-order valence-corrected chi connectivity index (χ1v) is 13.3. The molecular weight excluding hydrogens is 537 g/mol. The van der Waals surface area contributed by atoms with Crippen LogP contribution < -0.4 is 4.90 Å². The van der Waals surface area contributed by atoms with E-state index in [0.29, 0.717) is 16.2 Å². The monoisotopic (exact) mass is 557 g/mol.